The number of halogens is 7. The predicted octanol–water partition coefficient (Wildman–Crippen LogP) is 7.34. The van der Waals surface area contributed by atoms with Crippen molar-refractivity contribution in [2.75, 3.05) is 9.80 Å². The van der Waals surface area contributed by atoms with Crippen LogP contribution >= 0.6 is 23.2 Å². The van der Waals surface area contributed by atoms with Crippen LogP contribution in [0.3, 0.4) is 0 Å². The SMILES string of the molecule is O=C1C2CC=C3C(CC4(Cl)C(=O)N(c5c(F)c(F)c(F)c(F)c5F)C(=O)C4(Cl)C3c3ccc(OCc4ccccc4)cc3O)C2C(=O)N1c1ccc([N+](=O)[O-])cc1. The lowest BCUT2D eigenvalue weighted by Gasteiger charge is -2.50. The van der Waals surface area contributed by atoms with Gasteiger partial charge in [-0.25, -0.2) is 26.9 Å². The molecule has 4 aliphatic rings. The van der Waals surface area contributed by atoms with Crippen molar-refractivity contribution >= 4 is 63.9 Å². The summed E-state index contributed by atoms with van der Waals surface area (Å²) in [6.07, 6.45) is 0.551. The molecule has 0 aromatic heterocycles. The number of non-ortho nitro benzene ring substituents is 1. The summed E-state index contributed by atoms with van der Waals surface area (Å²) in [5.74, 6) is -23.3. The number of imide groups is 2. The number of nitro benzene ring substituents is 1. The number of aromatic hydroxyl groups is 1. The van der Waals surface area contributed by atoms with Crippen molar-refractivity contribution in [3.8, 4) is 11.5 Å². The first kappa shape index (κ1) is 38.0. The lowest BCUT2D eigenvalue weighted by Crippen LogP contribution is -2.60. The maximum absolute atomic E-state index is 15.3. The molecule has 292 valence electrons. The number of hydrogen-bond acceptors (Lipinski definition) is 8. The molecule has 2 aliphatic heterocycles. The Labute approximate surface area is 328 Å². The van der Waals surface area contributed by atoms with Crippen LogP contribution in [0.4, 0.5) is 39.0 Å². The van der Waals surface area contributed by atoms with Gasteiger partial charge in [0.25, 0.3) is 17.5 Å². The molecule has 6 atom stereocenters. The van der Waals surface area contributed by atoms with Crippen LogP contribution in [0.5, 0.6) is 11.5 Å². The summed E-state index contributed by atoms with van der Waals surface area (Å²) in [6.45, 7) is 0.0643. The molecule has 11 nitrogen and oxygen atoms in total. The average molecular weight is 829 g/mol. The highest BCUT2D eigenvalue weighted by Gasteiger charge is 2.77. The van der Waals surface area contributed by atoms with E-state index in [4.69, 9.17) is 27.9 Å². The van der Waals surface area contributed by atoms with E-state index < -0.39 is 109 Å². The Morgan fingerprint density at radius 3 is 2.05 bits per heavy atom. The molecule has 4 aromatic carbocycles. The van der Waals surface area contributed by atoms with E-state index >= 15 is 8.78 Å². The van der Waals surface area contributed by atoms with Gasteiger partial charge in [0.1, 0.15) is 23.8 Å². The van der Waals surface area contributed by atoms with Gasteiger partial charge in [0, 0.05) is 29.7 Å². The molecular weight excluding hydrogens is 804 g/mol. The number of allylic oxidation sites excluding steroid dienone is 2. The average Bonchev–Trinajstić information content (AvgIpc) is 3.54. The van der Waals surface area contributed by atoms with Gasteiger partial charge < -0.3 is 9.84 Å². The number of benzene rings is 4. The van der Waals surface area contributed by atoms with E-state index in [1.54, 1.807) is 30.3 Å². The standard InChI is InChI=1S/C39H24Cl2F5N3O8/c40-38-15-24-21(12-13-23-26(24)35(52)47(34(23)51)18-6-8-19(9-7-18)49(55)56)27(22-11-10-20(14-25(22)50)57-16-17-4-2-1-3-5-17)39(38,41)37(54)48(36(38)53)33-31(45)29(43)28(42)30(44)32(33)46/h1-12,14,23-24,26-27,50H,13,15-16H2. The quantitative estimate of drug-likeness (QED) is 0.0298. The summed E-state index contributed by atoms with van der Waals surface area (Å²) in [5, 5.41) is 22.8. The van der Waals surface area contributed by atoms with E-state index in [1.165, 1.54) is 30.3 Å². The summed E-state index contributed by atoms with van der Waals surface area (Å²) >= 11 is 14.3. The van der Waals surface area contributed by atoms with Gasteiger partial charge in [-0.15, -0.1) is 23.2 Å². The molecular formula is C39H24Cl2F5N3O8. The number of phenols is 1. The number of rotatable bonds is 7. The van der Waals surface area contributed by atoms with Crippen LogP contribution in [0.2, 0.25) is 0 Å². The number of carbonyl (C=O) groups excluding carboxylic acids is 4. The Bertz CT molecular complexity index is 2460. The maximum Gasteiger partial charge on any atom is 0.269 e. The Balaban J connectivity index is 1.27. The number of nitro groups is 1. The lowest BCUT2D eigenvalue weighted by atomic mass is 9.56. The highest BCUT2D eigenvalue weighted by atomic mass is 35.5. The molecule has 1 saturated carbocycles. The van der Waals surface area contributed by atoms with E-state index in [0.717, 1.165) is 28.7 Å². The van der Waals surface area contributed by atoms with E-state index in [-0.39, 0.29) is 46.2 Å². The number of hydrogen-bond donors (Lipinski definition) is 1. The van der Waals surface area contributed by atoms with Gasteiger partial charge in [0.05, 0.1) is 22.4 Å². The monoisotopic (exact) mass is 827 g/mol. The van der Waals surface area contributed by atoms with Gasteiger partial charge in [0.15, 0.2) is 33.0 Å². The molecule has 8 rings (SSSR count). The molecule has 4 aromatic rings. The van der Waals surface area contributed by atoms with Crippen molar-refractivity contribution in [3.05, 3.63) is 135 Å². The first-order chi connectivity index (χ1) is 27.0. The van der Waals surface area contributed by atoms with E-state index in [9.17, 15) is 47.6 Å². The van der Waals surface area contributed by atoms with Crippen molar-refractivity contribution < 1.29 is 55.9 Å². The molecule has 57 heavy (non-hydrogen) atoms. The summed E-state index contributed by atoms with van der Waals surface area (Å²) in [5.41, 5.74) is -1.58. The van der Waals surface area contributed by atoms with Crippen LogP contribution in [0.1, 0.15) is 29.9 Å². The third-order valence-electron chi connectivity index (χ3n) is 11.1. The number of carbonyl (C=O) groups is 4. The number of phenolic OH excluding ortho intramolecular Hbond substituents is 1. The second-order valence-electron chi connectivity index (χ2n) is 14.0. The lowest BCUT2D eigenvalue weighted by molar-refractivity contribution is -0.384. The molecule has 3 fully saturated rings. The summed E-state index contributed by atoms with van der Waals surface area (Å²) in [6, 6.07) is 17.3. The van der Waals surface area contributed by atoms with Gasteiger partial charge >= 0.3 is 0 Å². The normalized spacial score (nSPS) is 26.6. The minimum atomic E-state index is -2.85. The number of nitrogens with zero attached hydrogens (tertiary/aromatic N) is 3. The highest BCUT2D eigenvalue weighted by Crippen LogP contribution is 2.67. The van der Waals surface area contributed by atoms with Crippen LogP contribution in [0, 0.1) is 57.0 Å². The smallest absolute Gasteiger partial charge is 0.269 e. The summed E-state index contributed by atoms with van der Waals surface area (Å²) in [4.78, 5) is 62.5. The molecule has 2 aliphatic carbocycles. The van der Waals surface area contributed by atoms with Crippen molar-refractivity contribution in [2.24, 2.45) is 17.8 Å². The number of fused-ring (bicyclic) bond motifs is 4. The number of amides is 4. The van der Waals surface area contributed by atoms with Crippen LogP contribution in [-0.4, -0.2) is 43.4 Å². The van der Waals surface area contributed by atoms with Crippen LogP contribution in [0.25, 0.3) is 0 Å². The largest absolute Gasteiger partial charge is 0.508 e. The van der Waals surface area contributed by atoms with Gasteiger partial charge in [-0.2, -0.15) is 0 Å². The van der Waals surface area contributed by atoms with E-state index in [1.807, 2.05) is 0 Å². The highest BCUT2D eigenvalue weighted by molar-refractivity contribution is 6.58. The Hall–Kier alpha value is -5.87. The first-order valence-electron chi connectivity index (χ1n) is 17.1. The second kappa shape index (κ2) is 13.4. The maximum atomic E-state index is 15.3. The Kier molecular flexibility index (Phi) is 8.92. The molecule has 2 heterocycles. The molecule has 0 radical (unpaired) electrons. The van der Waals surface area contributed by atoms with Crippen LogP contribution < -0.4 is 14.5 Å². The predicted molar refractivity (Wildman–Crippen MR) is 191 cm³/mol. The molecule has 0 bridgehead atoms. The fourth-order valence-electron chi connectivity index (χ4n) is 8.49. The summed E-state index contributed by atoms with van der Waals surface area (Å²) < 4.78 is 79.7. The molecule has 4 amide bonds. The van der Waals surface area contributed by atoms with Gasteiger partial charge in [0.2, 0.25) is 17.6 Å². The molecule has 0 spiro atoms. The second-order valence-corrected chi connectivity index (χ2v) is 15.2. The molecule has 18 heteroatoms. The zero-order chi connectivity index (χ0) is 40.9. The van der Waals surface area contributed by atoms with Gasteiger partial charge in [-0.05, 0) is 42.5 Å². The van der Waals surface area contributed by atoms with Crippen LogP contribution in [-0.2, 0) is 25.8 Å². The van der Waals surface area contributed by atoms with Crippen molar-refractivity contribution in [1.29, 1.82) is 0 Å². The molecule has 6 unspecified atom stereocenters. The fraction of sp³-hybridized carbons (Fsp3) is 0.231. The number of anilines is 2. The van der Waals surface area contributed by atoms with Crippen molar-refractivity contribution in [1.82, 2.24) is 0 Å². The summed E-state index contributed by atoms with van der Waals surface area (Å²) in [7, 11) is 0. The topological polar surface area (TPSA) is 147 Å². The minimum Gasteiger partial charge on any atom is -0.508 e. The zero-order valence-corrected chi connectivity index (χ0v) is 30.2. The van der Waals surface area contributed by atoms with Crippen molar-refractivity contribution in [2.45, 2.75) is 35.1 Å². The third kappa shape index (κ3) is 5.36. The first-order valence-corrected chi connectivity index (χ1v) is 17.9. The van der Waals surface area contributed by atoms with Gasteiger partial charge in [-0.1, -0.05) is 48.0 Å². The van der Waals surface area contributed by atoms with Crippen molar-refractivity contribution in [3.63, 3.8) is 0 Å². The number of alkyl halides is 2. The molecule has 1 N–H and O–H groups in total. The van der Waals surface area contributed by atoms with E-state index in [0.29, 0.717) is 0 Å². The minimum absolute atomic E-state index is 0.0143. The van der Waals surface area contributed by atoms with E-state index in [2.05, 4.69) is 0 Å². The Morgan fingerprint density at radius 2 is 1.44 bits per heavy atom. The number of ether oxygens (including phenoxy) is 1. The molecule has 2 saturated heterocycles. The van der Waals surface area contributed by atoms with Crippen LogP contribution in [0.15, 0.2) is 84.4 Å². The third-order valence-corrected chi connectivity index (χ3v) is 12.5. The zero-order valence-electron chi connectivity index (χ0n) is 28.7. The fourth-order valence-corrected chi connectivity index (χ4v) is 9.42. The van der Waals surface area contributed by atoms with Gasteiger partial charge in [-0.3, -0.25) is 34.2 Å². The Morgan fingerprint density at radius 1 is 0.807 bits per heavy atom.